The Kier molecular flexibility index (Phi) is 4.65. The van der Waals surface area contributed by atoms with Crippen LogP contribution in [-0.4, -0.2) is 13.1 Å². The Morgan fingerprint density at radius 2 is 2.10 bits per heavy atom. The lowest BCUT2D eigenvalue weighted by Crippen LogP contribution is -2.11. The zero-order valence-electron chi connectivity index (χ0n) is 11.2. The van der Waals surface area contributed by atoms with Gasteiger partial charge in [-0.05, 0) is 24.3 Å². The molecule has 0 aromatic heterocycles. The number of nitrogens with two attached hydrogens (primary N) is 1. The molecule has 0 bridgehead atoms. The topological polar surface area (TPSA) is 61.5 Å². The van der Waals surface area contributed by atoms with Crippen LogP contribution in [0.15, 0.2) is 36.4 Å². The van der Waals surface area contributed by atoms with Gasteiger partial charge in [0, 0.05) is 11.3 Å². The molecule has 0 atom stereocenters. The Morgan fingerprint density at radius 1 is 1.33 bits per heavy atom. The van der Waals surface area contributed by atoms with E-state index in [1.807, 2.05) is 0 Å². The molecule has 0 aliphatic heterocycles. The number of esters is 1. The van der Waals surface area contributed by atoms with Crippen LogP contribution in [0.2, 0.25) is 5.02 Å². The fraction of sp³-hybridized carbons (Fsp3) is 0.133. The summed E-state index contributed by atoms with van der Waals surface area (Å²) in [5.41, 5.74) is 6.89. The molecular formula is C15H13ClFNO3. The summed E-state index contributed by atoms with van der Waals surface area (Å²) >= 11 is 5.88. The molecule has 0 saturated carbocycles. The van der Waals surface area contributed by atoms with Crippen molar-refractivity contribution in [2.24, 2.45) is 0 Å². The lowest BCUT2D eigenvalue weighted by molar-refractivity contribution is 0.0599. The minimum absolute atomic E-state index is 0.0564. The van der Waals surface area contributed by atoms with Gasteiger partial charge in [0.25, 0.3) is 0 Å². The fourth-order valence-corrected chi connectivity index (χ4v) is 2.06. The second-order valence-electron chi connectivity index (χ2n) is 4.24. The second kappa shape index (κ2) is 6.45. The first kappa shape index (κ1) is 15.1. The van der Waals surface area contributed by atoms with E-state index in [2.05, 4.69) is 0 Å². The Hall–Kier alpha value is -2.27. The number of nitrogen functional groups attached to an aromatic ring is 1. The van der Waals surface area contributed by atoms with E-state index in [1.165, 1.54) is 19.2 Å². The zero-order chi connectivity index (χ0) is 15.4. The highest BCUT2D eigenvalue weighted by Crippen LogP contribution is 2.27. The first-order valence-electron chi connectivity index (χ1n) is 6.06. The minimum atomic E-state index is -0.545. The molecule has 2 N–H and O–H groups in total. The highest BCUT2D eigenvalue weighted by molar-refractivity contribution is 6.32. The number of halogens is 2. The maximum absolute atomic E-state index is 13.0. The highest BCUT2D eigenvalue weighted by atomic mass is 35.5. The van der Waals surface area contributed by atoms with E-state index in [4.69, 9.17) is 26.8 Å². The Bertz CT molecular complexity index is 676. The van der Waals surface area contributed by atoms with Crippen molar-refractivity contribution < 1.29 is 18.7 Å². The molecule has 0 aliphatic rings. The van der Waals surface area contributed by atoms with Gasteiger partial charge in [-0.3, -0.25) is 0 Å². The average molecular weight is 310 g/mol. The van der Waals surface area contributed by atoms with Crippen LogP contribution >= 0.6 is 11.6 Å². The van der Waals surface area contributed by atoms with Crippen LogP contribution in [0.4, 0.5) is 10.1 Å². The van der Waals surface area contributed by atoms with Gasteiger partial charge in [-0.1, -0.05) is 23.7 Å². The van der Waals surface area contributed by atoms with Crippen molar-refractivity contribution in [3.63, 3.8) is 0 Å². The van der Waals surface area contributed by atoms with Crippen molar-refractivity contribution in [1.29, 1.82) is 0 Å². The number of hydrogen-bond acceptors (Lipinski definition) is 4. The van der Waals surface area contributed by atoms with Gasteiger partial charge in [-0.25, -0.2) is 9.18 Å². The third kappa shape index (κ3) is 3.44. The SMILES string of the molecule is COC(=O)c1c(N)cccc1COc1ccc(F)cc1Cl. The summed E-state index contributed by atoms with van der Waals surface area (Å²) in [5, 5.41) is 0.151. The third-order valence-electron chi connectivity index (χ3n) is 2.85. The van der Waals surface area contributed by atoms with Gasteiger partial charge in [0.2, 0.25) is 0 Å². The second-order valence-corrected chi connectivity index (χ2v) is 4.64. The maximum atomic E-state index is 13.0. The van der Waals surface area contributed by atoms with E-state index in [-0.39, 0.29) is 17.2 Å². The third-order valence-corrected chi connectivity index (χ3v) is 3.14. The summed E-state index contributed by atoms with van der Waals surface area (Å²) in [6, 6.07) is 8.80. The quantitative estimate of drug-likeness (QED) is 0.694. The van der Waals surface area contributed by atoms with E-state index in [9.17, 15) is 9.18 Å². The van der Waals surface area contributed by atoms with E-state index >= 15 is 0 Å². The van der Waals surface area contributed by atoms with Gasteiger partial charge in [0.1, 0.15) is 18.2 Å². The summed E-state index contributed by atoms with van der Waals surface area (Å²) in [4.78, 5) is 11.7. The average Bonchev–Trinajstić information content (AvgIpc) is 2.45. The number of carbonyl (C=O) groups is 1. The van der Waals surface area contributed by atoms with E-state index < -0.39 is 11.8 Å². The van der Waals surface area contributed by atoms with E-state index in [0.29, 0.717) is 17.0 Å². The summed E-state index contributed by atoms with van der Waals surface area (Å²) in [5.74, 6) is -0.681. The summed E-state index contributed by atoms with van der Waals surface area (Å²) in [6.45, 7) is 0.0564. The Morgan fingerprint density at radius 3 is 2.76 bits per heavy atom. The van der Waals surface area contributed by atoms with Crippen LogP contribution in [-0.2, 0) is 11.3 Å². The van der Waals surface area contributed by atoms with Crippen molar-refractivity contribution in [2.45, 2.75) is 6.61 Å². The molecular weight excluding hydrogens is 297 g/mol. The molecule has 110 valence electrons. The van der Waals surface area contributed by atoms with Gasteiger partial charge in [-0.2, -0.15) is 0 Å². The number of rotatable bonds is 4. The van der Waals surface area contributed by atoms with E-state index in [1.54, 1.807) is 18.2 Å². The Balaban J connectivity index is 2.24. The van der Waals surface area contributed by atoms with Crippen molar-refractivity contribution in [2.75, 3.05) is 12.8 Å². The molecule has 6 heteroatoms. The van der Waals surface area contributed by atoms with Crippen molar-refractivity contribution in [3.05, 3.63) is 58.4 Å². The van der Waals surface area contributed by atoms with Gasteiger partial charge in [0.15, 0.2) is 0 Å². The van der Waals surface area contributed by atoms with Crippen LogP contribution in [0.1, 0.15) is 15.9 Å². The molecule has 0 spiro atoms. The zero-order valence-corrected chi connectivity index (χ0v) is 12.0. The first-order valence-corrected chi connectivity index (χ1v) is 6.44. The van der Waals surface area contributed by atoms with Crippen LogP contribution in [0.5, 0.6) is 5.75 Å². The van der Waals surface area contributed by atoms with Crippen LogP contribution in [0.25, 0.3) is 0 Å². The summed E-state index contributed by atoms with van der Waals surface area (Å²) in [6.07, 6.45) is 0. The van der Waals surface area contributed by atoms with Crippen LogP contribution < -0.4 is 10.5 Å². The van der Waals surface area contributed by atoms with Gasteiger partial charge >= 0.3 is 5.97 Å². The predicted molar refractivity (Wildman–Crippen MR) is 77.9 cm³/mol. The predicted octanol–water partition coefficient (Wildman–Crippen LogP) is 3.43. The molecule has 0 amide bonds. The molecule has 0 heterocycles. The van der Waals surface area contributed by atoms with Crippen molar-refractivity contribution >= 4 is 23.3 Å². The number of anilines is 1. The number of methoxy groups -OCH3 is 1. The maximum Gasteiger partial charge on any atom is 0.340 e. The molecule has 2 aromatic rings. The Labute approximate surface area is 126 Å². The summed E-state index contributed by atoms with van der Waals surface area (Å²) < 4.78 is 23.2. The fourth-order valence-electron chi connectivity index (χ4n) is 1.84. The number of ether oxygens (including phenoxy) is 2. The molecule has 4 nitrogen and oxygen atoms in total. The molecule has 2 rings (SSSR count). The molecule has 2 aromatic carbocycles. The molecule has 0 radical (unpaired) electrons. The lowest BCUT2D eigenvalue weighted by Gasteiger charge is -2.12. The number of benzene rings is 2. The van der Waals surface area contributed by atoms with Crippen LogP contribution in [0.3, 0.4) is 0 Å². The first-order chi connectivity index (χ1) is 10.0. The van der Waals surface area contributed by atoms with Crippen LogP contribution in [0, 0.1) is 5.82 Å². The smallest absolute Gasteiger partial charge is 0.340 e. The molecule has 0 aliphatic carbocycles. The molecule has 0 saturated heterocycles. The van der Waals surface area contributed by atoms with Gasteiger partial charge in [0.05, 0.1) is 17.7 Å². The van der Waals surface area contributed by atoms with Crippen molar-refractivity contribution in [1.82, 2.24) is 0 Å². The normalized spacial score (nSPS) is 10.2. The molecule has 0 unspecified atom stereocenters. The van der Waals surface area contributed by atoms with Gasteiger partial charge in [-0.15, -0.1) is 0 Å². The van der Waals surface area contributed by atoms with Gasteiger partial charge < -0.3 is 15.2 Å². The minimum Gasteiger partial charge on any atom is -0.487 e. The molecule has 21 heavy (non-hydrogen) atoms. The summed E-state index contributed by atoms with van der Waals surface area (Å²) in [7, 11) is 1.27. The largest absolute Gasteiger partial charge is 0.487 e. The molecule has 0 fully saturated rings. The number of hydrogen-bond donors (Lipinski definition) is 1. The lowest BCUT2D eigenvalue weighted by atomic mass is 10.1. The highest BCUT2D eigenvalue weighted by Gasteiger charge is 2.16. The monoisotopic (exact) mass is 309 g/mol. The number of carbonyl (C=O) groups excluding carboxylic acids is 1. The van der Waals surface area contributed by atoms with Crippen molar-refractivity contribution in [3.8, 4) is 5.75 Å². The standard InChI is InChI=1S/C15H13ClFNO3/c1-20-15(19)14-9(3-2-4-12(14)18)8-21-13-6-5-10(17)7-11(13)16/h2-7H,8,18H2,1H3. The van der Waals surface area contributed by atoms with E-state index in [0.717, 1.165) is 6.07 Å².